The third kappa shape index (κ3) is 4.53. The molecule has 0 aromatic heterocycles. The van der Waals surface area contributed by atoms with Crippen molar-refractivity contribution in [2.45, 2.75) is 56.5 Å². The van der Waals surface area contributed by atoms with Crippen molar-refractivity contribution in [2.24, 2.45) is 0 Å². The quantitative estimate of drug-likeness (QED) is 0.723. The molecule has 0 spiro atoms. The van der Waals surface area contributed by atoms with Crippen LogP contribution in [0, 0.1) is 0 Å². The Kier molecular flexibility index (Phi) is 6.68. The van der Waals surface area contributed by atoms with Crippen molar-refractivity contribution in [3.05, 3.63) is 35.4 Å². The number of nitrogens with one attached hydrogen (secondary N) is 2. The fraction of sp³-hybridized carbons (Fsp3) is 0.667. The number of hydrogen-bond donors (Lipinski definition) is 3. The van der Waals surface area contributed by atoms with Gasteiger partial charge < -0.3 is 15.7 Å². The van der Waals surface area contributed by atoms with E-state index in [1.165, 1.54) is 36.8 Å². The van der Waals surface area contributed by atoms with Gasteiger partial charge in [0.1, 0.15) is 0 Å². The highest BCUT2D eigenvalue weighted by molar-refractivity contribution is 5.28. The standard InChI is InChI=1S/C18H30N2O/c1-19-17-11-9-15(10-12-17)14-5-7-16(8-6-14)18(20-2)4-3-13-21/h5-8,15,17-21H,3-4,9-13H2,1-2H3. The molecule has 1 aromatic rings. The molecule has 0 radical (unpaired) electrons. The smallest absolute Gasteiger partial charge is 0.0431 e. The molecule has 0 saturated heterocycles. The van der Waals surface area contributed by atoms with Crippen LogP contribution in [-0.2, 0) is 0 Å². The van der Waals surface area contributed by atoms with Crippen LogP contribution in [0.4, 0.5) is 0 Å². The molecule has 0 aliphatic heterocycles. The van der Waals surface area contributed by atoms with Crippen molar-refractivity contribution in [1.29, 1.82) is 0 Å². The van der Waals surface area contributed by atoms with Gasteiger partial charge in [-0.2, -0.15) is 0 Å². The largest absolute Gasteiger partial charge is 0.396 e. The molecule has 3 N–H and O–H groups in total. The Bertz CT molecular complexity index is 396. The van der Waals surface area contributed by atoms with Crippen LogP contribution in [0.1, 0.15) is 61.6 Å². The highest BCUT2D eigenvalue weighted by Crippen LogP contribution is 2.33. The highest BCUT2D eigenvalue weighted by Gasteiger charge is 2.21. The van der Waals surface area contributed by atoms with E-state index in [2.05, 4.69) is 41.9 Å². The van der Waals surface area contributed by atoms with Gasteiger partial charge in [-0.05, 0) is 69.7 Å². The van der Waals surface area contributed by atoms with Gasteiger partial charge in [0, 0.05) is 18.7 Å². The van der Waals surface area contributed by atoms with Gasteiger partial charge in [0.15, 0.2) is 0 Å². The molecule has 1 aliphatic carbocycles. The van der Waals surface area contributed by atoms with Gasteiger partial charge in [0.05, 0.1) is 0 Å². The van der Waals surface area contributed by atoms with Crippen molar-refractivity contribution >= 4 is 0 Å². The van der Waals surface area contributed by atoms with Gasteiger partial charge in [0.2, 0.25) is 0 Å². The molecule has 3 nitrogen and oxygen atoms in total. The maximum Gasteiger partial charge on any atom is 0.0431 e. The molecule has 0 bridgehead atoms. The normalized spacial score (nSPS) is 24.0. The fourth-order valence-corrected chi connectivity index (χ4v) is 3.49. The minimum atomic E-state index is 0.269. The SMILES string of the molecule is CNC1CCC(c2ccc(C(CCCO)NC)cc2)CC1. The average molecular weight is 290 g/mol. The summed E-state index contributed by atoms with van der Waals surface area (Å²) in [4.78, 5) is 0. The molecule has 0 heterocycles. The number of aliphatic hydroxyl groups excluding tert-OH is 1. The first-order chi connectivity index (χ1) is 10.3. The van der Waals surface area contributed by atoms with Gasteiger partial charge >= 0.3 is 0 Å². The van der Waals surface area contributed by atoms with E-state index in [0.717, 1.165) is 18.8 Å². The number of benzene rings is 1. The van der Waals surface area contributed by atoms with Crippen LogP contribution in [0.15, 0.2) is 24.3 Å². The summed E-state index contributed by atoms with van der Waals surface area (Å²) < 4.78 is 0. The average Bonchev–Trinajstić information content (AvgIpc) is 2.56. The molecular weight excluding hydrogens is 260 g/mol. The Balaban J connectivity index is 1.95. The molecule has 21 heavy (non-hydrogen) atoms. The summed E-state index contributed by atoms with van der Waals surface area (Å²) >= 11 is 0. The van der Waals surface area contributed by atoms with E-state index in [0.29, 0.717) is 12.1 Å². The molecule has 2 rings (SSSR count). The Hall–Kier alpha value is -0.900. The minimum absolute atomic E-state index is 0.269. The molecule has 1 aliphatic rings. The molecule has 0 amide bonds. The lowest BCUT2D eigenvalue weighted by Gasteiger charge is -2.28. The Morgan fingerprint density at radius 2 is 1.76 bits per heavy atom. The summed E-state index contributed by atoms with van der Waals surface area (Å²) in [7, 11) is 4.07. The monoisotopic (exact) mass is 290 g/mol. The van der Waals surface area contributed by atoms with Gasteiger partial charge in [-0.15, -0.1) is 0 Å². The Morgan fingerprint density at radius 3 is 2.29 bits per heavy atom. The first-order valence-electron chi connectivity index (χ1n) is 8.33. The van der Waals surface area contributed by atoms with E-state index in [-0.39, 0.29) is 6.61 Å². The lowest BCUT2D eigenvalue weighted by molar-refractivity contribution is 0.276. The summed E-state index contributed by atoms with van der Waals surface area (Å²) in [6, 6.07) is 10.2. The van der Waals surface area contributed by atoms with Crippen LogP contribution in [0.3, 0.4) is 0 Å². The fourth-order valence-electron chi connectivity index (χ4n) is 3.49. The second-order valence-corrected chi connectivity index (χ2v) is 6.21. The zero-order valence-electron chi connectivity index (χ0n) is 13.4. The minimum Gasteiger partial charge on any atom is -0.396 e. The molecule has 1 fully saturated rings. The van der Waals surface area contributed by atoms with Crippen LogP contribution in [0.2, 0.25) is 0 Å². The van der Waals surface area contributed by atoms with E-state index in [1.54, 1.807) is 0 Å². The number of hydrogen-bond acceptors (Lipinski definition) is 3. The zero-order chi connectivity index (χ0) is 15.1. The van der Waals surface area contributed by atoms with E-state index >= 15 is 0 Å². The molecule has 1 saturated carbocycles. The Labute approximate surface area is 129 Å². The van der Waals surface area contributed by atoms with Gasteiger partial charge in [-0.25, -0.2) is 0 Å². The topological polar surface area (TPSA) is 44.3 Å². The van der Waals surface area contributed by atoms with Gasteiger partial charge in [-0.1, -0.05) is 24.3 Å². The van der Waals surface area contributed by atoms with Crippen molar-refractivity contribution in [3.8, 4) is 0 Å². The molecular formula is C18H30N2O. The maximum atomic E-state index is 8.98. The second kappa shape index (κ2) is 8.52. The van der Waals surface area contributed by atoms with E-state index in [9.17, 15) is 0 Å². The molecule has 118 valence electrons. The van der Waals surface area contributed by atoms with Crippen LogP contribution < -0.4 is 10.6 Å². The maximum absolute atomic E-state index is 8.98. The summed E-state index contributed by atoms with van der Waals surface area (Å²) in [5.74, 6) is 0.731. The third-order valence-electron chi connectivity index (χ3n) is 4.95. The number of rotatable bonds is 7. The van der Waals surface area contributed by atoms with E-state index in [1.807, 2.05) is 7.05 Å². The van der Waals surface area contributed by atoms with Crippen molar-refractivity contribution in [3.63, 3.8) is 0 Å². The number of aliphatic hydroxyl groups is 1. The summed E-state index contributed by atoms with van der Waals surface area (Å²) in [6.07, 6.45) is 7.01. The van der Waals surface area contributed by atoms with Crippen molar-refractivity contribution in [2.75, 3.05) is 20.7 Å². The zero-order valence-corrected chi connectivity index (χ0v) is 13.4. The van der Waals surface area contributed by atoms with E-state index in [4.69, 9.17) is 5.11 Å². The van der Waals surface area contributed by atoms with Crippen molar-refractivity contribution < 1.29 is 5.11 Å². The lowest BCUT2D eigenvalue weighted by atomic mass is 9.81. The predicted molar refractivity (Wildman–Crippen MR) is 88.6 cm³/mol. The van der Waals surface area contributed by atoms with E-state index < -0.39 is 0 Å². The molecule has 1 unspecified atom stereocenters. The van der Waals surface area contributed by atoms with Crippen LogP contribution in [0.25, 0.3) is 0 Å². The summed E-state index contributed by atoms with van der Waals surface area (Å²) in [5, 5.41) is 15.7. The van der Waals surface area contributed by atoms with Crippen molar-refractivity contribution in [1.82, 2.24) is 10.6 Å². The molecule has 1 atom stereocenters. The molecule has 3 heteroatoms. The van der Waals surface area contributed by atoms with Gasteiger partial charge in [0.25, 0.3) is 0 Å². The first kappa shape index (κ1) is 16.5. The predicted octanol–water partition coefficient (Wildman–Crippen LogP) is 2.97. The first-order valence-corrected chi connectivity index (χ1v) is 8.33. The van der Waals surface area contributed by atoms with Crippen LogP contribution in [0.5, 0.6) is 0 Å². The van der Waals surface area contributed by atoms with Crippen LogP contribution in [-0.4, -0.2) is 31.9 Å². The molecule has 1 aromatic carbocycles. The summed E-state index contributed by atoms with van der Waals surface area (Å²) in [6.45, 7) is 0.269. The highest BCUT2D eigenvalue weighted by atomic mass is 16.2. The third-order valence-corrected chi connectivity index (χ3v) is 4.95. The second-order valence-electron chi connectivity index (χ2n) is 6.21. The summed E-state index contributed by atoms with van der Waals surface area (Å²) in [5.41, 5.74) is 2.82. The lowest BCUT2D eigenvalue weighted by Crippen LogP contribution is -2.29. The van der Waals surface area contributed by atoms with Crippen LogP contribution >= 0.6 is 0 Å². The van der Waals surface area contributed by atoms with Gasteiger partial charge in [-0.3, -0.25) is 0 Å². The Morgan fingerprint density at radius 1 is 1.10 bits per heavy atom.